The van der Waals surface area contributed by atoms with Crippen LogP contribution in [0.1, 0.15) is 11.1 Å². The Morgan fingerprint density at radius 3 is 2.83 bits per heavy atom. The Morgan fingerprint density at radius 2 is 1.90 bits per heavy atom. The third kappa shape index (κ3) is 3.73. The SMILES string of the molecule is Clc1ccccc1Oc1cccc2c1NC(=NCc1cccc3c1OCC3)NS2. The summed E-state index contributed by atoms with van der Waals surface area (Å²) in [6, 6.07) is 19.5. The molecule has 3 aromatic carbocycles. The van der Waals surface area contributed by atoms with Gasteiger partial charge in [0.1, 0.15) is 11.5 Å². The first kappa shape index (κ1) is 18.2. The quantitative estimate of drug-likeness (QED) is 0.531. The molecule has 0 aromatic heterocycles. The lowest BCUT2D eigenvalue weighted by Gasteiger charge is -2.23. The number of rotatable bonds is 4. The van der Waals surface area contributed by atoms with Crippen LogP contribution in [0.4, 0.5) is 5.69 Å². The summed E-state index contributed by atoms with van der Waals surface area (Å²) >= 11 is 7.75. The van der Waals surface area contributed by atoms with Crippen LogP contribution < -0.4 is 19.5 Å². The molecule has 0 radical (unpaired) electrons. The lowest BCUT2D eigenvalue weighted by molar-refractivity contribution is 0.353. The molecule has 0 unspecified atom stereocenters. The van der Waals surface area contributed by atoms with Gasteiger partial charge in [-0.25, -0.2) is 4.99 Å². The average Bonchev–Trinajstić information content (AvgIpc) is 3.23. The monoisotopic (exact) mass is 423 g/mol. The number of para-hydroxylation sites is 3. The van der Waals surface area contributed by atoms with Gasteiger partial charge in [0.15, 0.2) is 5.75 Å². The average molecular weight is 424 g/mol. The molecule has 2 aliphatic rings. The Hall–Kier alpha value is -2.83. The molecule has 0 amide bonds. The minimum absolute atomic E-state index is 0.530. The van der Waals surface area contributed by atoms with Crippen LogP contribution in [0.25, 0.3) is 0 Å². The summed E-state index contributed by atoms with van der Waals surface area (Å²) in [5.41, 5.74) is 3.21. The van der Waals surface area contributed by atoms with Crippen LogP contribution in [0.2, 0.25) is 5.02 Å². The number of ether oxygens (including phenoxy) is 2. The number of anilines is 1. The van der Waals surface area contributed by atoms with E-state index in [0.29, 0.717) is 29.0 Å². The Bertz CT molecular complexity index is 1100. The maximum absolute atomic E-state index is 6.25. The summed E-state index contributed by atoms with van der Waals surface area (Å²) in [5, 5.41) is 3.92. The molecule has 29 heavy (non-hydrogen) atoms. The van der Waals surface area contributed by atoms with Crippen molar-refractivity contribution in [2.75, 3.05) is 11.9 Å². The van der Waals surface area contributed by atoms with Crippen LogP contribution in [-0.4, -0.2) is 12.6 Å². The van der Waals surface area contributed by atoms with Crippen LogP contribution in [0, 0.1) is 0 Å². The third-order valence-electron chi connectivity index (χ3n) is 4.75. The van der Waals surface area contributed by atoms with Gasteiger partial charge in [0.25, 0.3) is 0 Å². The van der Waals surface area contributed by atoms with E-state index in [9.17, 15) is 0 Å². The molecule has 7 heteroatoms. The predicted molar refractivity (Wildman–Crippen MR) is 117 cm³/mol. The first-order chi connectivity index (χ1) is 14.3. The molecular formula is C22H18ClN3O2S. The summed E-state index contributed by atoms with van der Waals surface area (Å²) in [6.07, 6.45) is 0.961. The molecule has 0 atom stereocenters. The van der Waals surface area contributed by atoms with Crippen LogP contribution in [-0.2, 0) is 13.0 Å². The summed E-state index contributed by atoms with van der Waals surface area (Å²) < 4.78 is 15.1. The lowest BCUT2D eigenvalue weighted by atomic mass is 10.1. The van der Waals surface area contributed by atoms with Crippen molar-refractivity contribution < 1.29 is 9.47 Å². The zero-order valence-electron chi connectivity index (χ0n) is 15.4. The van der Waals surface area contributed by atoms with Gasteiger partial charge in [0, 0.05) is 12.0 Å². The van der Waals surface area contributed by atoms with Gasteiger partial charge in [0.05, 0.1) is 28.8 Å². The van der Waals surface area contributed by atoms with Gasteiger partial charge in [-0.05, 0) is 41.8 Å². The number of fused-ring (bicyclic) bond motifs is 2. The Labute approximate surface area is 178 Å². The van der Waals surface area contributed by atoms with Gasteiger partial charge < -0.3 is 14.8 Å². The summed E-state index contributed by atoms with van der Waals surface area (Å²) in [5.74, 6) is 2.96. The molecular weight excluding hydrogens is 406 g/mol. The second kappa shape index (κ2) is 7.89. The zero-order chi connectivity index (χ0) is 19.6. The fraction of sp³-hybridized carbons (Fsp3) is 0.136. The van der Waals surface area contributed by atoms with Gasteiger partial charge >= 0.3 is 0 Å². The van der Waals surface area contributed by atoms with Crippen molar-refractivity contribution in [2.45, 2.75) is 17.9 Å². The zero-order valence-corrected chi connectivity index (χ0v) is 17.0. The topological polar surface area (TPSA) is 54.9 Å². The summed E-state index contributed by atoms with van der Waals surface area (Å²) in [7, 11) is 0. The van der Waals surface area contributed by atoms with E-state index >= 15 is 0 Å². The fourth-order valence-electron chi connectivity index (χ4n) is 3.34. The van der Waals surface area contributed by atoms with Gasteiger partial charge in [-0.15, -0.1) is 0 Å². The van der Waals surface area contributed by atoms with Crippen molar-refractivity contribution in [3.63, 3.8) is 0 Å². The highest BCUT2D eigenvalue weighted by Crippen LogP contribution is 2.40. The molecule has 0 aliphatic carbocycles. The Balaban J connectivity index is 1.38. The van der Waals surface area contributed by atoms with Crippen molar-refractivity contribution in [1.82, 2.24) is 4.72 Å². The van der Waals surface area contributed by atoms with E-state index in [4.69, 9.17) is 26.1 Å². The highest BCUT2D eigenvalue weighted by molar-refractivity contribution is 7.98. The molecule has 0 fully saturated rings. The van der Waals surface area contributed by atoms with E-state index in [-0.39, 0.29) is 0 Å². The van der Waals surface area contributed by atoms with Crippen molar-refractivity contribution in [3.8, 4) is 17.2 Å². The van der Waals surface area contributed by atoms with Crippen LogP contribution >= 0.6 is 23.5 Å². The highest BCUT2D eigenvalue weighted by atomic mass is 35.5. The molecule has 0 spiro atoms. The minimum atomic E-state index is 0.530. The number of nitrogens with one attached hydrogen (secondary N) is 2. The minimum Gasteiger partial charge on any atom is -0.493 e. The molecule has 2 N–H and O–H groups in total. The number of hydrogen-bond acceptors (Lipinski definition) is 4. The largest absolute Gasteiger partial charge is 0.493 e. The first-order valence-electron chi connectivity index (χ1n) is 9.31. The number of benzene rings is 3. The second-order valence-electron chi connectivity index (χ2n) is 6.66. The van der Waals surface area contributed by atoms with Gasteiger partial charge in [0.2, 0.25) is 5.96 Å². The normalized spacial score (nSPS) is 15.7. The maximum atomic E-state index is 6.25. The predicted octanol–water partition coefficient (Wildman–Crippen LogP) is 5.65. The summed E-state index contributed by atoms with van der Waals surface area (Å²) in [6.45, 7) is 1.27. The number of hydrogen-bond donors (Lipinski definition) is 2. The first-order valence-corrected chi connectivity index (χ1v) is 10.5. The molecule has 5 rings (SSSR count). The van der Waals surface area contributed by atoms with E-state index in [1.807, 2.05) is 42.5 Å². The number of aliphatic imine (C=N–C) groups is 1. The third-order valence-corrected chi connectivity index (χ3v) is 5.92. The molecule has 146 valence electrons. The molecule has 0 bridgehead atoms. The number of guanidine groups is 1. The highest BCUT2D eigenvalue weighted by Gasteiger charge is 2.20. The van der Waals surface area contributed by atoms with E-state index in [1.165, 1.54) is 17.5 Å². The molecule has 2 heterocycles. The van der Waals surface area contributed by atoms with Gasteiger partial charge in [-0.1, -0.05) is 48.0 Å². The molecule has 2 aliphatic heterocycles. The van der Waals surface area contributed by atoms with Crippen molar-refractivity contribution in [2.24, 2.45) is 4.99 Å². The van der Waals surface area contributed by atoms with Crippen molar-refractivity contribution in [1.29, 1.82) is 0 Å². The smallest absolute Gasteiger partial charge is 0.206 e. The van der Waals surface area contributed by atoms with Crippen molar-refractivity contribution >= 4 is 35.2 Å². The van der Waals surface area contributed by atoms with Crippen LogP contribution in [0.5, 0.6) is 17.2 Å². The Kier molecular flexibility index (Phi) is 4.96. The van der Waals surface area contributed by atoms with Crippen LogP contribution in [0.15, 0.2) is 70.6 Å². The Morgan fingerprint density at radius 1 is 1.03 bits per heavy atom. The van der Waals surface area contributed by atoms with Gasteiger partial charge in [-0.3, -0.25) is 4.72 Å². The number of nitrogens with zero attached hydrogens (tertiary/aromatic N) is 1. The van der Waals surface area contributed by atoms with E-state index in [0.717, 1.165) is 34.9 Å². The molecule has 3 aromatic rings. The molecule has 5 nitrogen and oxygen atoms in total. The standard InChI is InChI=1S/C22H18ClN3O2S/c23-16-7-1-2-8-17(16)28-18-9-4-10-19-20(18)25-22(26-29-19)24-13-15-6-3-5-14-11-12-27-21(14)15/h1-10H,11-13H2,(H2,24,25,26). The molecule has 0 saturated carbocycles. The second-order valence-corrected chi connectivity index (χ2v) is 7.91. The molecule has 0 saturated heterocycles. The van der Waals surface area contributed by atoms with Gasteiger partial charge in [-0.2, -0.15) is 0 Å². The number of halogens is 1. The van der Waals surface area contributed by atoms with Crippen LogP contribution in [0.3, 0.4) is 0 Å². The lowest BCUT2D eigenvalue weighted by Crippen LogP contribution is -2.29. The van der Waals surface area contributed by atoms with E-state index < -0.39 is 0 Å². The fourth-order valence-corrected chi connectivity index (χ4v) is 4.24. The van der Waals surface area contributed by atoms with Crippen molar-refractivity contribution in [3.05, 3.63) is 76.8 Å². The van der Waals surface area contributed by atoms with E-state index in [1.54, 1.807) is 0 Å². The van der Waals surface area contributed by atoms with E-state index in [2.05, 4.69) is 28.2 Å². The maximum Gasteiger partial charge on any atom is 0.206 e. The summed E-state index contributed by atoms with van der Waals surface area (Å²) in [4.78, 5) is 5.73.